The molecule has 0 spiro atoms. The Bertz CT molecular complexity index is 249. The van der Waals surface area contributed by atoms with Gasteiger partial charge in [-0.05, 0) is 44.8 Å². The van der Waals surface area contributed by atoms with Gasteiger partial charge in [0.15, 0.2) is 0 Å². The lowest BCUT2D eigenvalue weighted by molar-refractivity contribution is 0.282. The van der Waals surface area contributed by atoms with Gasteiger partial charge in [-0.3, -0.25) is 4.90 Å². The lowest BCUT2D eigenvalue weighted by Gasteiger charge is -2.20. The van der Waals surface area contributed by atoms with E-state index in [9.17, 15) is 0 Å². The maximum atomic E-state index is 5.38. The van der Waals surface area contributed by atoms with Gasteiger partial charge in [-0.2, -0.15) is 0 Å². The summed E-state index contributed by atoms with van der Waals surface area (Å²) in [6.07, 6.45) is 9.57. The summed E-state index contributed by atoms with van der Waals surface area (Å²) in [4.78, 5) is 2.52. The molecule has 0 aromatic carbocycles. The standard InChI is InChI=1S/C12H19NO/c1-14-12-7-3-2-6-11(12)10-13-8-4-5-9-13/h6-7H,2-5,8-10H2,1H3. The molecule has 0 atom stereocenters. The van der Waals surface area contributed by atoms with Crippen molar-refractivity contribution in [3.63, 3.8) is 0 Å². The van der Waals surface area contributed by atoms with Crippen LogP contribution in [0.25, 0.3) is 0 Å². The van der Waals surface area contributed by atoms with Crippen molar-refractivity contribution in [2.24, 2.45) is 0 Å². The Balaban J connectivity index is 1.95. The molecule has 1 saturated heterocycles. The first-order valence-electron chi connectivity index (χ1n) is 5.56. The average molecular weight is 193 g/mol. The Kier molecular flexibility index (Phi) is 3.25. The van der Waals surface area contributed by atoms with E-state index in [1.54, 1.807) is 7.11 Å². The van der Waals surface area contributed by atoms with Crippen molar-refractivity contribution in [3.05, 3.63) is 23.5 Å². The van der Waals surface area contributed by atoms with E-state index >= 15 is 0 Å². The molecule has 0 radical (unpaired) electrons. The van der Waals surface area contributed by atoms with Gasteiger partial charge in [0.1, 0.15) is 5.76 Å². The highest BCUT2D eigenvalue weighted by molar-refractivity contribution is 5.30. The number of rotatable bonds is 3. The monoisotopic (exact) mass is 193 g/mol. The van der Waals surface area contributed by atoms with E-state index in [4.69, 9.17) is 4.74 Å². The Morgan fingerprint density at radius 3 is 2.64 bits per heavy atom. The predicted octanol–water partition coefficient (Wildman–Crippen LogP) is 2.33. The fraction of sp³-hybridized carbons (Fsp3) is 0.667. The SMILES string of the molecule is COC1=CCCC=C1CN1CCCC1. The Labute approximate surface area is 86.2 Å². The molecule has 1 aliphatic heterocycles. The molecule has 0 aromatic heterocycles. The third kappa shape index (κ3) is 2.18. The van der Waals surface area contributed by atoms with Gasteiger partial charge in [0.05, 0.1) is 7.11 Å². The first kappa shape index (κ1) is 9.78. The lowest BCUT2D eigenvalue weighted by Crippen LogP contribution is -2.23. The van der Waals surface area contributed by atoms with Gasteiger partial charge >= 0.3 is 0 Å². The zero-order valence-corrected chi connectivity index (χ0v) is 8.96. The molecule has 0 bridgehead atoms. The summed E-state index contributed by atoms with van der Waals surface area (Å²) < 4.78 is 5.38. The maximum Gasteiger partial charge on any atom is 0.119 e. The summed E-state index contributed by atoms with van der Waals surface area (Å²) in [6.45, 7) is 3.60. The topological polar surface area (TPSA) is 12.5 Å². The molecular formula is C12H19NO. The van der Waals surface area contributed by atoms with Gasteiger partial charge in [-0.15, -0.1) is 0 Å². The van der Waals surface area contributed by atoms with Crippen LogP contribution in [0.2, 0.25) is 0 Å². The average Bonchev–Trinajstić information content (AvgIpc) is 2.71. The van der Waals surface area contributed by atoms with Crippen LogP contribution in [0.3, 0.4) is 0 Å². The molecule has 1 fully saturated rings. The highest BCUT2D eigenvalue weighted by Crippen LogP contribution is 2.21. The van der Waals surface area contributed by atoms with Crippen molar-refractivity contribution >= 4 is 0 Å². The number of ether oxygens (including phenoxy) is 1. The van der Waals surface area contributed by atoms with Gasteiger partial charge in [-0.25, -0.2) is 0 Å². The van der Waals surface area contributed by atoms with Crippen LogP contribution >= 0.6 is 0 Å². The molecule has 0 N–H and O–H groups in total. The molecule has 0 amide bonds. The highest BCUT2D eigenvalue weighted by atomic mass is 16.5. The summed E-state index contributed by atoms with van der Waals surface area (Å²) >= 11 is 0. The minimum Gasteiger partial charge on any atom is -0.497 e. The number of likely N-dealkylation sites (tertiary alicyclic amines) is 1. The van der Waals surface area contributed by atoms with E-state index in [2.05, 4.69) is 17.1 Å². The maximum absolute atomic E-state index is 5.38. The van der Waals surface area contributed by atoms with Crippen molar-refractivity contribution in [2.75, 3.05) is 26.7 Å². The number of allylic oxidation sites excluding steroid dienone is 2. The first-order valence-corrected chi connectivity index (χ1v) is 5.56. The van der Waals surface area contributed by atoms with Gasteiger partial charge in [-0.1, -0.05) is 6.08 Å². The fourth-order valence-electron chi connectivity index (χ4n) is 2.24. The van der Waals surface area contributed by atoms with Gasteiger partial charge < -0.3 is 4.74 Å². The van der Waals surface area contributed by atoms with Crippen molar-refractivity contribution in [1.82, 2.24) is 4.90 Å². The normalized spacial score (nSPS) is 23.2. The Hall–Kier alpha value is -0.760. The third-order valence-electron chi connectivity index (χ3n) is 3.02. The van der Waals surface area contributed by atoms with E-state index in [1.165, 1.54) is 37.9 Å². The largest absolute Gasteiger partial charge is 0.497 e. The fourth-order valence-corrected chi connectivity index (χ4v) is 2.24. The number of hydrogen-bond acceptors (Lipinski definition) is 2. The van der Waals surface area contributed by atoms with Crippen molar-refractivity contribution in [1.29, 1.82) is 0 Å². The molecule has 0 saturated carbocycles. The van der Waals surface area contributed by atoms with Crippen LogP contribution in [0.15, 0.2) is 23.5 Å². The minimum atomic E-state index is 1.08. The summed E-state index contributed by atoms with van der Waals surface area (Å²) in [5.41, 5.74) is 1.39. The van der Waals surface area contributed by atoms with Crippen LogP contribution in [0.4, 0.5) is 0 Å². The molecule has 78 valence electrons. The van der Waals surface area contributed by atoms with Crippen molar-refractivity contribution in [2.45, 2.75) is 25.7 Å². The van der Waals surface area contributed by atoms with Crippen LogP contribution in [0, 0.1) is 0 Å². The Morgan fingerprint density at radius 1 is 1.21 bits per heavy atom. The predicted molar refractivity (Wildman–Crippen MR) is 58.1 cm³/mol. The molecule has 2 heteroatoms. The lowest BCUT2D eigenvalue weighted by atomic mass is 10.0. The van der Waals surface area contributed by atoms with Crippen molar-refractivity contribution < 1.29 is 4.74 Å². The summed E-state index contributed by atoms with van der Waals surface area (Å²) in [5, 5.41) is 0. The van der Waals surface area contributed by atoms with E-state index in [-0.39, 0.29) is 0 Å². The Morgan fingerprint density at radius 2 is 1.93 bits per heavy atom. The summed E-state index contributed by atoms with van der Waals surface area (Å²) in [6, 6.07) is 0. The molecule has 1 aliphatic carbocycles. The van der Waals surface area contributed by atoms with Crippen LogP contribution in [0.5, 0.6) is 0 Å². The molecule has 0 aromatic rings. The first-order chi connectivity index (χ1) is 6.90. The zero-order valence-electron chi connectivity index (χ0n) is 8.96. The van der Waals surface area contributed by atoms with Crippen LogP contribution in [-0.2, 0) is 4.74 Å². The highest BCUT2D eigenvalue weighted by Gasteiger charge is 2.16. The number of hydrogen-bond donors (Lipinski definition) is 0. The van der Waals surface area contributed by atoms with E-state index < -0.39 is 0 Å². The molecule has 2 nitrogen and oxygen atoms in total. The smallest absolute Gasteiger partial charge is 0.119 e. The molecular weight excluding hydrogens is 174 g/mol. The number of nitrogens with zero attached hydrogens (tertiary/aromatic N) is 1. The van der Waals surface area contributed by atoms with E-state index in [0.29, 0.717) is 0 Å². The quantitative estimate of drug-likeness (QED) is 0.682. The van der Waals surface area contributed by atoms with Crippen LogP contribution < -0.4 is 0 Å². The van der Waals surface area contributed by atoms with Gasteiger partial charge in [0.2, 0.25) is 0 Å². The second-order valence-corrected chi connectivity index (χ2v) is 4.06. The third-order valence-corrected chi connectivity index (χ3v) is 3.02. The molecule has 0 unspecified atom stereocenters. The van der Waals surface area contributed by atoms with Crippen molar-refractivity contribution in [3.8, 4) is 0 Å². The molecule has 2 aliphatic rings. The molecule has 14 heavy (non-hydrogen) atoms. The zero-order chi connectivity index (χ0) is 9.80. The summed E-state index contributed by atoms with van der Waals surface area (Å²) in [7, 11) is 1.77. The van der Waals surface area contributed by atoms with Crippen LogP contribution in [0.1, 0.15) is 25.7 Å². The second-order valence-electron chi connectivity index (χ2n) is 4.06. The second kappa shape index (κ2) is 4.65. The van der Waals surface area contributed by atoms with E-state index in [1.807, 2.05) is 0 Å². The number of methoxy groups -OCH3 is 1. The van der Waals surface area contributed by atoms with Gasteiger partial charge in [0.25, 0.3) is 0 Å². The molecule has 2 rings (SSSR count). The van der Waals surface area contributed by atoms with Crippen LogP contribution in [-0.4, -0.2) is 31.6 Å². The van der Waals surface area contributed by atoms with E-state index in [0.717, 1.165) is 18.7 Å². The van der Waals surface area contributed by atoms with Gasteiger partial charge in [0, 0.05) is 12.1 Å². The molecule has 1 heterocycles. The summed E-state index contributed by atoms with van der Waals surface area (Å²) in [5.74, 6) is 1.10. The minimum absolute atomic E-state index is 1.08.